The second kappa shape index (κ2) is 6.93. The smallest absolute Gasteiger partial charge is 0.257 e. The van der Waals surface area contributed by atoms with Crippen molar-refractivity contribution in [3.63, 3.8) is 0 Å². The Balaban J connectivity index is 1.80. The van der Waals surface area contributed by atoms with Crippen molar-refractivity contribution < 1.29 is 14.3 Å². The van der Waals surface area contributed by atoms with Gasteiger partial charge in [-0.1, -0.05) is 26.8 Å². The molecule has 0 atom stereocenters. The Hall–Kier alpha value is -2.04. The molecule has 1 saturated carbocycles. The Morgan fingerprint density at radius 1 is 1.04 bits per heavy atom. The molecule has 1 aliphatic heterocycles. The molecule has 2 fully saturated rings. The number of aryl methyl sites for hydroxylation is 1. The van der Waals surface area contributed by atoms with Crippen molar-refractivity contribution >= 4 is 11.8 Å². The first-order valence-electron chi connectivity index (χ1n) is 9.49. The number of carbonyl (C=O) groups is 2. The molecule has 0 spiro atoms. The fraction of sp³-hybridized carbons (Fsp3) is 0.619. The number of nitrogens with zero attached hydrogens (tertiary/aromatic N) is 2. The van der Waals surface area contributed by atoms with Crippen LogP contribution in [0.5, 0.6) is 5.75 Å². The molecule has 1 saturated heterocycles. The molecule has 3 rings (SSSR count). The zero-order valence-corrected chi connectivity index (χ0v) is 16.6. The van der Waals surface area contributed by atoms with E-state index in [4.69, 9.17) is 4.74 Å². The molecule has 0 aromatic heterocycles. The van der Waals surface area contributed by atoms with Gasteiger partial charge in [-0.05, 0) is 36.8 Å². The lowest BCUT2D eigenvalue weighted by atomic mass is 9.84. The molecule has 0 radical (unpaired) electrons. The van der Waals surface area contributed by atoms with Crippen LogP contribution in [-0.4, -0.2) is 54.9 Å². The van der Waals surface area contributed by atoms with E-state index in [1.807, 2.05) is 22.8 Å². The van der Waals surface area contributed by atoms with Gasteiger partial charge < -0.3 is 14.5 Å². The van der Waals surface area contributed by atoms with Gasteiger partial charge in [-0.25, -0.2) is 0 Å². The maximum Gasteiger partial charge on any atom is 0.257 e. The number of methoxy groups -OCH3 is 1. The van der Waals surface area contributed by atoms with Crippen LogP contribution in [0.2, 0.25) is 0 Å². The predicted octanol–water partition coefficient (Wildman–Crippen LogP) is 3.00. The standard InChI is InChI=1S/C21H30N2O3/c1-14-12-16(18(26-5)17(13-14)21(2,3)4)20(25)23-10-8-22(9-11-23)19(24)15-6-7-15/h12-13,15H,6-11H2,1-5H3. The third kappa shape index (κ3) is 3.71. The summed E-state index contributed by atoms with van der Waals surface area (Å²) in [6, 6.07) is 4.01. The zero-order chi connectivity index (χ0) is 19.1. The van der Waals surface area contributed by atoms with Crippen LogP contribution in [0.4, 0.5) is 0 Å². The minimum atomic E-state index is -0.109. The van der Waals surface area contributed by atoms with E-state index < -0.39 is 0 Å². The summed E-state index contributed by atoms with van der Waals surface area (Å²) in [6.07, 6.45) is 2.04. The topological polar surface area (TPSA) is 49.9 Å². The number of hydrogen-bond donors (Lipinski definition) is 0. The molecule has 2 aliphatic rings. The van der Waals surface area contributed by atoms with Gasteiger partial charge >= 0.3 is 0 Å². The van der Waals surface area contributed by atoms with Crippen molar-refractivity contribution in [2.24, 2.45) is 5.92 Å². The third-order valence-corrected chi connectivity index (χ3v) is 5.28. The summed E-state index contributed by atoms with van der Waals surface area (Å²) < 4.78 is 5.66. The van der Waals surface area contributed by atoms with Crippen LogP contribution in [0.15, 0.2) is 12.1 Å². The Morgan fingerprint density at radius 3 is 2.12 bits per heavy atom. The molecule has 1 heterocycles. The highest BCUT2D eigenvalue weighted by atomic mass is 16.5. The highest BCUT2D eigenvalue weighted by molar-refractivity contribution is 5.98. The van der Waals surface area contributed by atoms with Crippen molar-refractivity contribution in [3.8, 4) is 5.75 Å². The summed E-state index contributed by atoms with van der Waals surface area (Å²) in [7, 11) is 1.63. The molecule has 26 heavy (non-hydrogen) atoms. The fourth-order valence-corrected chi connectivity index (χ4v) is 3.60. The molecule has 0 N–H and O–H groups in total. The summed E-state index contributed by atoms with van der Waals surface area (Å²) >= 11 is 0. The van der Waals surface area contributed by atoms with Crippen LogP contribution in [-0.2, 0) is 10.2 Å². The van der Waals surface area contributed by atoms with Crippen LogP contribution in [0, 0.1) is 12.8 Å². The second-order valence-electron chi connectivity index (χ2n) is 8.54. The van der Waals surface area contributed by atoms with Crippen molar-refractivity contribution in [2.45, 2.75) is 46.0 Å². The monoisotopic (exact) mass is 358 g/mol. The number of rotatable bonds is 3. The van der Waals surface area contributed by atoms with Gasteiger partial charge in [0.1, 0.15) is 5.75 Å². The first-order chi connectivity index (χ1) is 12.2. The Bertz CT molecular complexity index is 709. The lowest BCUT2D eigenvalue weighted by Gasteiger charge is -2.35. The van der Waals surface area contributed by atoms with Gasteiger partial charge in [0.25, 0.3) is 5.91 Å². The number of piperazine rings is 1. The fourth-order valence-electron chi connectivity index (χ4n) is 3.60. The largest absolute Gasteiger partial charge is 0.496 e. The quantitative estimate of drug-likeness (QED) is 0.835. The third-order valence-electron chi connectivity index (χ3n) is 5.28. The average molecular weight is 358 g/mol. The van der Waals surface area contributed by atoms with Gasteiger partial charge in [0, 0.05) is 37.7 Å². The van der Waals surface area contributed by atoms with Crippen molar-refractivity contribution in [1.29, 1.82) is 0 Å². The van der Waals surface area contributed by atoms with Gasteiger partial charge in [-0.2, -0.15) is 0 Å². The first-order valence-corrected chi connectivity index (χ1v) is 9.49. The maximum absolute atomic E-state index is 13.2. The maximum atomic E-state index is 13.2. The molecule has 142 valence electrons. The number of amides is 2. The van der Waals surface area contributed by atoms with Crippen LogP contribution >= 0.6 is 0 Å². The van der Waals surface area contributed by atoms with E-state index in [0.29, 0.717) is 37.5 Å². The molecule has 5 heteroatoms. The highest BCUT2D eigenvalue weighted by Gasteiger charge is 2.36. The minimum absolute atomic E-state index is 0.00503. The Labute approximate surface area is 156 Å². The molecule has 2 amide bonds. The lowest BCUT2D eigenvalue weighted by molar-refractivity contribution is -0.134. The molecular weight excluding hydrogens is 328 g/mol. The van der Waals surface area contributed by atoms with E-state index >= 15 is 0 Å². The van der Waals surface area contributed by atoms with E-state index in [2.05, 4.69) is 26.8 Å². The molecule has 0 unspecified atom stereocenters. The van der Waals surface area contributed by atoms with E-state index in [9.17, 15) is 9.59 Å². The lowest BCUT2D eigenvalue weighted by Crippen LogP contribution is -2.51. The Morgan fingerprint density at radius 2 is 1.62 bits per heavy atom. The summed E-state index contributed by atoms with van der Waals surface area (Å²) in [4.78, 5) is 29.1. The van der Waals surface area contributed by atoms with Gasteiger partial charge in [0.15, 0.2) is 0 Å². The summed E-state index contributed by atoms with van der Waals surface area (Å²) in [6.45, 7) is 10.8. The van der Waals surface area contributed by atoms with E-state index in [1.54, 1.807) is 7.11 Å². The number of benzene rings is 1. The first kappa shape index (κ1) is 18.7. The van der Waals surface area contributed by atoms with E-state index in [-0.39, 0.29) is 23.1 Å². The van der Waals surface area contributed by atoms with Crippen molar-refractivity contribution in [2.75, 3.05) is 33.3 Å². The molecule has 1 aromatic carbocycles. The van der Waals surface area contributed by atoms with Gasteiger partial charge in [-0.3, -0.25) is 9.59 Å². The van der Waals surface area contributed by atoms with Crippen LogP contribution in [0.3, 0.4) is 0 Å². The second-order valence-corrected chi connectivity index (χ2v) is 8.54. The minimum Gasteiger partial charge on any atom is -0.496 e. The zero-order valence-electron chi connectivity index (χ0n) is 16.6. The molecule has 1 aliphatic carbocycles. The van der Waals surface area contributed by atoms with Crippen molar-refractivity contribution in [1.82, 2.24) is 9.80 Å². The van der Waals surface area contributed by atoms with Gasteiger partial charge in [-0.15, -0.1) is 0 Å². The van der Waals surface area contributed by atoms with E-state index in [1.165, 1.54) is 0 Å². The van der Waals surface area contributed by atoms with Crippen LogP contribution in [0.1, 0.15) is 55.1 Å². The summed E-state index contributed by atoms with van der Waals surface area (Å²) in [5.41, 5.74) is 2.62. The number of hydrogen-bond acceptors (Lipinski definition) is 3. The normalized spacial score (nSPS) is 18.0. The molecule has 1 aromatic rings. The average Bonchev–Trinajstić information content (AvgIpc) is 3.44. The van der Waals surface area contributed by atoms with Crippen LogP contribution < -0.4 is 4.74 Å². The van der Waals surface area contributed by atoms with Crippen LogP contribution in [0.25, 0.3) is 0 Å². The summed E-state index contributed by atoms with van der Waals surface area (Å²) in [5, 5.41) is 0. The Kier molecular flexibility index (Phi) is 5.00. The molecule has 0 bridgehead atoms. The number of carbonyl (C=O) groups excluding carboxylic acids is 2. The highest BCUT2D eigenvalue weighted by Crippen LogP contribution is 2.36. The van der Waals surface area contributed by atoms with Gasteiger partial charge in [0.2, 0.25) is 5.91 Å². The molecule has 5 nitrogen and oxygen atoms in total. The molecular formula is C21H30N2O3. The SMILES string of the molecule is COc1c(C(=O)N2CCN(C(=O)C3CC3)CC2)cc(C)cc1C(C)(C)C. The number of ether oxygens (including phenoxy) is 1. The summed E-state index contributed by atoms with van der Waals surface area (Å²) in [5.74, 6) is 1.17. The van der Waals surface area contributed by atoms with Gasteiger partial charge in [0.05, 0.1) is 12.7 Å². The predicted molar refractivity (Wildman–Crippen MR) is 102 cm³/mol. The van der Waals surface area contributed by atoms with Crippen molar-refractivity contribution in [3.05, 3.63) is 28.8 Å². The van der Waals surface area contributed by atoms with E-state index in [0.717, 1.165) is 24.0 Å².